The second-order valence-electron chi connectivity index (χ2n) is 11.5. The molecule has 7 aromatic carbocycles. The average molecular weight is 712 g/mol. The van der Waals surface area contributed by atoms with Gasteiger partial charge in [-0.05, 0) is 40.8 Å². The molecule has 0 radical (unpaired) electrons. The molecule has 1 heterocycles. The van der Waals surface area contributed by atoms with Crippen molar-refractivity contribution in [3.8, 4) is 11.3 Å². The Morgan fingerprint density at radius 2 is 1.04 bits per heavy atom. The summed E-state index contributed by atoms with van der Waals surface area (Å²) >= 11 is 0. The molecule has 0 aliphatic rings. The fourth-order valence-electron chi connectivity index (χ4n) is 5.61. The second-order valence-corrected chi connectivity index (χ2v) is 11.5. The number of pyridine rings is 1. The summed E-state index contributed by atoms with van der Waals surface area (Å²) in [6.45, 7) is 9.46. The van der Waals surface area contributed by atoms with E-state index >= 15 is 0 Å². The van der Waals surface area contributed by atoms with Crippen molar-refractivity contribution in [2.75, 3.05) is 5.32 Å². The summed E-state index contributed by atoms with van der Waals surface area (Å²) in [6.07, 6.45) is 0. The van der Waals surface area contributed by atoms with E-state index in [9.17, 15) is 4.79 Å². The zero-order chi connectivity index (χ0) is 33.3. The maximum Gasteiger partial charge on any atom is 2.00 e. The number of rotatable bonds is 3. The van der Waals surface area contributed by atoms with Crippen LogP contribution in [0.5, 0.6) is 0 Å². The number of nitrogens with one attached hydrogen (secondary N) is 1. The van der Waals surface area contributed by atoms with E-state index in [4.69, 9.17) is 4.98 Å². The normalized spacial score (nSPS) is 10.2. The molecule has 1 aromatic heterocycles. The zero-order valence-corrected chi connectivity index (χ0v) is 29.9. The van der Waals surface area contributed by atoms with Crippen LogP contribution in [0.25, 0.3) is 43.7 Å². The molecule has 0 aliphatic carbocycles. The van der Waals surface area contributed by atoms with E-state index < -0.39 is 0 Å². The maximum absolute atomic E-state index is 13.5. The van der Waals surface area contributed by atoms with Gasteiger partial charge in [0.25, 0.3) is 5.91 Å². The molecule has 3 nitrogen and oxygen atoms in total. The van der Waals surface area contributed by atoms with Crippen molar-refractivity contribution < 1.29 is 31.0 Å². The third-order valence-corrected chi connectivity index (χ3v) is 8.09. The number of nitrogens with zero attached hydrogens (tertiary/aromatic N) is 1. The van der Waals surface area contributed by atoms with Gasteiger partial charge in [-0.25, -0.2) is 4.98 Å². The summed E-state index contributed by atoms with van der Waals surface area (Å²) in [7, 11) is 0. The van der Waals surface area contributed by atoms with Gasteiger partial charge in [-0.15, -0.1) is 24.3 Å². The molecule has 49 heavy (non-hydrogen) atoms. The minimum absolute atomic E-state index is 0. The first-order valence-corrected chi connectivity index (χ1v) is 15.9. The van der Waals surface area contributed by atoms with E-state index in [-0.39, 0.29) is 32.1 Å². The van der Waals surface area contributed by atoms with E-state index in [2.05, 4.69) is 55.6 Å². The number of amides is 1. The largest absolute Gasteiger partial charge is 2.00 e. The first-order valence-electron chi connectivity index (χ1n) is 15.9. The van der Waals surface area contributed by atoms with Crippen molar-refractivity contribution in [1.29, 1.82) is 0 Å². The van der Waals surface area contributed by atoms with Crippen LogP contribution in [-0.2, 0) is 26.2 Å². The Hall–Kier alpha value is -5.44. The number of para-hydroxylation sites is 1. The molecule has 0 spiro atoms. The molecule has 0 aliphatic heterocycles. The SMILES string of the molecule is Cc1ccc2ccccc2c1NC(=O)c1cccc2ccc(-c3cccc4ccccc34)nc12.[CH2-]c1ccccc1.[CH2-]c1ccccc1.[Zr+2]. The van der Waals surface area contributed by atoms with Crippen LogP contribution in [0.15, 0.2) is 170 Å². The van der Waals surface area contributed by atoms with Crippen LogP contribution in [0.1, 0.15) is 27.0 Å². The standard InChI is InChI=1S/C31H22N2O.2C7H7.Zr/c1-20-16-17-22-9-3-5-13-25(22)29(20)33-31(34)27-15-7-11-23-18-19-28(32-30(23)27)26-14-6-10-21-8-2-4-12-24(21)26;2*1-7-5-3-2-4-6-7;/h2-19H,1H3,(H,33,34);2*2-6H,1H2;/q;2*-1;+2. The Morgan fingerprint density at radius 3 is 1.67 bits per heavy atom. The number of carbonyl (C=O) groups excluding carboxylic acids is 1. The number of fused-ring (bicyclic) bond motifs is 3. The third kappa shape index (κ3) is 8.54. The first kappa shape index (κ1) is 34.9. The molecule has 1 amide bonds. The van der Waals surface area contributed by atoms with Crippen molar-refractivity contribution in [2.24, 2.45) is 0 Å². The molecule has 0 unspecified atom stereocenters. The van der Waals surface area contributed by atoms with Gasteiger partial charge < -0.3 is 5.32 Å². The van der Waals surface area contributed by atoms with Crippen molar-refractivity contribution >= 4 is 44.0 Å². The zero-order valence-electron chi connectivity index (χ0n) is 27.4. The Morgan fingerprint density at radius 1 is 0.531 bits per heavy atom. The van der Waals surface area contributed by atoms with Gasteiger partial charge in [0, 0.05) is 16.3 Å². The molecule has 0 saturated carbocycles. The van der Waals surface area contributed by atoms with Gasteiger partial charge in [0.15, 0.2) is 0 Å². The van der Waals surface area contributed by atoms with Crippen molar-refractivity contribution in [3.63, 3.8) is 0 Å². The van der Waals surface area contributed by atoms with Gasteiger partial charge in [-0.2, -0.15) is 49.2 Å². The Balaban J connectivity index is 0.000000259. The number of benzene rings is 7. The minimum Gasteiger partial charge on any atom is -0.321 e. The van der Waals surface area contributed by atoms with Gasteiger partial charge in [0.1, 0.15) is 0 Å². The maximum atomic E-state index is 13.5. The third-order valence-electron chi connectivity index (χ3n) is 8.09. The van der Waals surface area contributed by atoms with Crippen LogP contribution in [0.2, 0.25) is 0 Å². The Bertz CT molecular complexity index is 2280. The average Bonchev–Trinajstić information content (AvgIpc) is 3.13. The van der Waals surface area contributed by atoms with Crippen LogP contribution in [0.4, 0.5) is 5.69 Å². The summed E-state index contributed by atoms with van der Waals surface area (Å²) in [6, 6.07) is 56.3. The van der Waals surface area contributed by atoms with Crippen molar-refractivity contribution in [3.05, 3.63) is 206 Å². The first-order chi connectivity index (χ1) is 23.5. The summed E-state index contributed by atoms with van der Waals surface area (Å²) in [5, 5.41) is 8.54. The van der Waals surface area contributed by atoms with E-state index in [1.807, 2.05) is 140 Å². The summed E-state index contributed by atoms with van der Waals surface area (Å²) in [5.41, 5.74) is 7.17. The predicted octanol–water partition coefficient (Wildman–Crippen LogP) is 11.5. The van der Waals surface area contributed by atoms with E-state index in [1.54, 1.807) is 0 Å². The molecule has 0 saturated heterocycles. The van der Waals surface area contributed by atoms with Crippen molar-refractivity contribution in [1.82, 2.24) is 4.98 Å². The van der Waals surface area contributed by atoms with Crippen LogP contribution in [-0.4, -0.2) is 10.9 Å². The Labute approximate surface area is 307 Å². The van der Waals surface area contributed by atoms with Crippen LogP contribution >= 0.6 is 0 Å². The summed E-state index contributed by atoms with van der Waals surface area (Å²) in [4.78, 5) is 18.5. The number of anilines is 1. The van der Waals surface area contributed by atoms with E-state index in [0.717, 1.165) is 55.2 Å². The molecule has 1 N–H and O–H groups in total. The molecule has 0 atom stereocenters. The molecule has 8 aromatic rings. The number of aryl methyl sites for hydroxylation is 1. The molecule has 0 fully saturated rings. The topological polar surface area (TPSA) is 42.0 Å². The van der Waals surface area contributed by atoms with Gasteiger partial charge >= 0.3 is 26.2 Å². The molecule has 4 heteroatoms. The van der Waals surface area contributed by atoms with Gasteiger partial charge in [-0.3, -0.25) is 4.79 Å². The minimum atomic E-state index is -0.160. The fraction of sp³-hybridized carbons (Fsp3) is 0.0222. The molecule has 0 bridgehead atoms. The molecule has 8 rings (SSSR count). The van der Waals surface area contributed by atoms with E-state index in [0.29, 0.717) is 11.1 Å². The van der Waals surface area contributed by atoms with Crippen LogP contribution in [0, 0.1) is 20.8 Å². The smallest absolute Gasteiger partial charge is 0.321 e. The number of aromatic nitrogens is 1. The van der Waals surface area contributed by atoms with Crippen LogP contribution in [0.3, 0.4) is 0 Å². The van der Waals surface area contributed by atoms with Crippen LogP contribution < -0.4 is 5.32 Å². The van der Waals surface area contributed by atoms with Crippen molar-refractivity contribution in [2.45, 2.75) is 6.92 Å². The fourth-order valence-corrected chi connectivity index (χ4v) is 5.61. The van der Waals surface area contributed by atoms with E-state index in [1.165, 1.54) is 5.39 Å². The van der Waals surface area contributed by atoms with Gasteiger partial charge in [-0.1, -0.05) is 109 Å². The molecular formula is C45H36N2OZr. The molecular weight excluding hydrogens is 676 g/mol. The molecule has 236 valence electrons. The summed E-state index contributed by atoms with van der Waals surface area (Å²) in [5.74, 6) is -0.160. The Kier molecular flexibility index (Phi) is 11.8. The number of hydrogen-bond acceptors (Lipinski definition) is 2. The number of carbonyl (C=O) groups is 1. The summed E-state index contributed by atoms with van der Waals surface area (Å²) < 4.78 is 0. The monoisotopic (exact) mass is 710 g/mol. The second kappa shape index (κ2) is 16.6. The quantitative estimate of drug-likeness (QED) is 0.185. The van der Waals surface area contributed by atoms with Gasteiger partial charge in [0.05, 0.1) is 22.5 Å². The van der Waals surface area contributed by atoms with Gasteiger partial charge in [0.2, 0.25) is 0 Å². The predicted molar refractivity (Wildman–Crippen MR) is 203 cm³/mol. The number of hydrogen-bond donors (Lipinski definition) is 1.